The predicted molar refractivity (Wildman–Crippen MR) is 100 cm³/mol. The van der Waals surface area contributed by atoms with E-state index in [1.807, 2.05) is 13.8 Å². The van der Waals surface area contributed by atoms with Crippen LogP contribution in [0.1, 0.15) is 60.8 Å². The highest BCUT2D eigenvalue weighted by molar-refractivity contribution is 7.16. The summed E-state index contributed by atoms with van der Waals surface area (Å²) in [6.45, 7) is 7.42. The summed E-state index contributed by atoms with van der Waals surface area (Å²) in [6.07, 6.45) is 2.87. The summed E-state index contributed by atoms with van der Waals surface area (Å²) in [4.78, 5) is 38.1. The first kappa shape index (κ1) is 19.9. The molecule has 2 saturated carbocycles. The minimum absolute atomic E-state index is 0.0254. The minimum Gasteiger partial charge on any atom is -0.550 e. The number of nitrogens with one attached hydrogen (secondary N) is 1. The fourth-order valence-corrected chi connectivity index (χ4v) is 5.92. The number of hydrogen-bond acceptors (Lipinski definition) is 6. The molecule has 148 valence electrons. The van der Waals surface area contributed by atoms with E-state index in [0.29, 0.717) is 17.0 Å². The zero-order chi connectivity index (χ0) is 19.9. The van der Waals surface area contributed by atoms with Crippen molar-refractivity contribution in [1.29, 1.82) is 0 Å². The van der Waals surface area contributed by atoms with Gasteiger partial charge in [0, 0.05) is 22.7 Å². The number of aryl methyl sites for hydroxylation is 1. The number of amides is 1. The first-order valence-electron chi connectivity index (χ1n) is 9.59. The summed E-state index contributed by atoms with van der Waals surface area (Å²) >= 11 is 1.34. The number of fused-ring (bicyclic) bond motifs is 2. The molecule has 2 bridgehead atoms. The van der Waals surface area contributed by atoms with Crippen molar-refractivity contribution in [3.63, 3.8) is 0 Å². The topological polar surface area (TPSA) is 95.5 Å². The number of anilines is 1. The molecule has 2 aliphatic carbocycles. The molecule has 0 aromatic carbocycles. The Morgan fingerprint density at radius 3 is 2.41 bits per heavy atom. The highest BCUT2D eigenvalue weighted by Crippen LogP contribution is 2.52. The van der Waals surface area contributed by atoms with Gasteiger partial charge in [-0.25, -0.2) is 4.79 Å². The third-order valence-electron chi connectivity index (χ3n) is 5.84. The lowest BCUT2D eigenvalue weighted by molar-refractivity contribution is -0.314. The molecule has 27 heavy (non-hydrogen) atoms. The molecule has 1 heterocycles. The molecular weight excluding hydrogens is 366 g/mol. The second-order valence-corrected chi connectivity index (χ2v) is 9.07. The fraction of sp³-hybridized carbons (Fsp3) is 0.650. The van der Waals surface area contributed by atoms with Crippen molar-refractivity contribution in [2.75, 3.05) is 5.32 Å². The SMILES string of the molecule is CCc1c(C)sc(NC(=O)[C@H]2[C@@H]3CC[C@H](C3)[C@@H]2C(=O)[O-])c1C(=O)OC(C)C. The van der Waals surface area contributed by atoms with Gasteiger partial charge >= 0.3 is 5.97 Å². The highest BCUT2D eigenvalue weighted by atomic mass is 32.1. The Hall–Kier alpha value is -1.89. The van der Waals surface area contributed by atoms with Crippen molar-refractivity contribution >= 4 is 34.2 Å². The summed E-state index contributed by atoms with van der Waals surface area (Å²) in [7, 11) is 0. The molecule has 6 nitrogen and oxygen atoms in total. The summed E-state index contributed by atoms with van der Waals surface area (Å²) in [5, 5.41) is 14.9. The molecule has 0 aliphatic heterocycles. The molecular formula is C20H26NO5S-. The monoisotopic (exact) mass is 392 g/mol. The van der Waals surface area contributed by atoms with Gasteiger partial charge in [-0.05, 0) is 63.9 Å². The molecule has 1 aromatic heterocycles. The number of esters is 1. The Morgan fingerprint density at radius 1 is 1.22 bits per heavy atom. The van der Waals surface area contributed by atoms with Crippen molar-refractivity contribution in [2.45, 2.75) is 59.5 Å². The molecule has 0 radical (unpaired) electrons. The maximum Gasteiger partial charge on any atom is 0.341 e. The highest BCUT2D eigenvalue weighted by Gasteiger charge is 2.51. The van der Waals surface area contributed by atoms with Crippen LogP contribution in [0, 0.1) is 30.6 Å². The molecule has 1 N–H and O–H groups in total. The van der Waals surface area contributed by atoms with Gasteiger partial charge in [0.05, 0.1) is 11.7 Å². The van der Waals surface area contributed by atoms with Crippen LogP contribution in [0.15, 0.2) is 0 Å². The molecule has 0 saturated heterocycles. The van der Waals surface area contributed by atoms with E-state index >= 15 is 0 Å². The summed E-state index contributed by atoms with van der Waals surface area (Å²) in [6, 6.07) is 0. The molecule has 3 rings (SSSR count). The van der Waals surface area contributed by atoms with Crippen molar-refractivity contribution in [2.24, 2.45) is 23.7 Å². The average molecular weight is 392 g/mol. The standard InChI is InChI=1S/C20H27NO5S/c1-5-13-10(4)27-18(16(13)20(25)26-9(2)3)21-17(22)14-11-6-7-12(8-11)15(14)19(23)24/h9,11-12,14-15H,5-8H2,1-4H3,(H,21,22)(H,23,24)/p-1/t11-,12-,14+,15+/m1/s1. The average Bonchev–Trinajstić information content (AvgIpc) is 3.25. The second-order valence-electron chi connectivity index (χ2n) is 7.84. The number of hydrogen-bond donors (Lipinski definition) is 1. The molecule has 1 aromatic rings. The molecule has 2 aliphatic rings. The second kappa shape index (κ2) is 7.62. The maximum absolute atomic E-state index is 13.0. The number of aliphatic carboxylic acids is 1. The molecule has 7 heteroatoms. The molecule has 4 atom stereocenters. The van der Waals surface area contributed by atoms with E-state index in [2.05, 4.69) is 5.32 Å². The van der Waals surface area contributed by atoms with Crippen LogP contribution >= 0.6 is 11.3 Å². The first-order valence-corrected chi connectivity index (χ1v) is 10.4. The van der Waals surface area contributed by atoms with Gasteiger partial charge in [-0.3, -0.25) is 4.79 Å². The van der Waals surface area contributed by atoms with Crippen molar-refractivity contribution in [3.05, 3.63) is 16.0 Å². The molecule has 0 unspecified atom stereocenters. The van der Waals surface area contributed by atoms with E-state index < -0.39 is 23.8 Å². The van der Waals surface area contributed by atoms with Crippen LogP contribution in [0.4, 0.5) is 5.00 Å². The van der Waals surface area contributed by atoms with Crippen molar-refractivity contribution in [3.8, 4) is 0 Å². The largest absolute Gasteiger partial charge is 0.550 e. The van der Waals surface area contributed by atoms with E-state index in [0.717, 1.165) is 29.7 Å². The lowest BCUT2D eigenvalue weighted by Crippen LogP contribution is -2.44. The van der Waals surface area contributed by atoms with Gasteiger partial charge in [0.1, 0.15) is 5.00 Å². The van der Waals surface area contributed by atoms with Crippen LogP contribution in [-0.4, -0.2) is 23.9 Å². The number of thiophene rings is 1. The third kappa shape index (κ3) is 3.61. The minimum atomic E-state index is -1.14. The number of rotatable bonds is 6. The van der Waals surface area contributed by atoms with Crippen molar-refractivity contribution in [1.82, 2.24) is 0 Å². The van der Waals surface area contributed by atoms with Crippen molar-refractivity contribution < 1.29 is 24.2 Å². The lowest BCUT2D eigenvalue weighted by Gasteiger charge is -2.30. The molecule has 1 amide bonds. The summed E-state index contributed by atoms with van der Waals surface area (Å²) in [5.41, 5.74) is 1.26. The third-order valence-corrected chi connectivity index (χ3v) is 6.90. The summed E-state index contributed by atoms with van der Waals surface area (Å²) < 4.78 is 5.36. The van der Waals surface area contributed by atoms with Crippen LogP contribution in [0.5, 0.6) is 0 Å². The normalized spacial score (nSPS) is 26.4. The Morgan fingerprint density at radius 2 is 1.85 bits per heavy atom. The number of carbonyl (C=O) groups is 3. The molecule has 0 spiro atoms. The van der Waals surface area contributed by atoms with Gasteiger partial charge < -0.3 is 20.0 Å². The number of carbonyl (C=O) groups excluding carboxylic acids is 3. The maximum atomic E-state index is 13.0. The van der Waals surface area contributed by atoms with Crippen LogP contribution in [-0.2, 0) is 20.7 Å². The number of carboxylic acids is 1. The van der Waals surface area contributed by atoms with E-state index in [1.165, 1.54) is 11.3 Å². The van der Waals surface area contributed by atoms with Gasteiger partial charge in [-0.1, -0.05) is 6.92 Å². The van der Waals surface area contributed by atoms with Crippen LogP contribution in [0.3, 0.4) is 0 Å². The zero-order valence-corrected chi connectivity index (χ0v) is 17.0. The zero-order valence-electron chi connectivity index (χ0n) is 16.2. The Kier molecular flexibility index (Phi) is 5.60. The van der Waals surface area contributed by atoms with Crippen LogP contribution in [0.2, 0.25) is 0 Å². The Balaban J connectivity index is 1.88. The van der Waals surface area contributed by atoms with Crippen LogP contribution in [0.25, 0.3) is 0 Å². The predicted octanol–water partition coefficient (Wildman–Crippen LogP) is 2.53. The number of ether oxygens (including phenoxy) is 1. The first-order chi connectivity index (χ1) is 12.7. The van der Waals surface area contributed by atoms with Gasteiger partial charge in [-0.15, -0.1) is 11.3 Å². The lowest BCUT2D eigenvalue weighted by atomic mass is 9.79. The quantitative estimate of drug-likeness (QED) is 0.751. The van der Waals surface area contributed by atoms with Gasteiger partial charge in [0.25, 0.3) is 0 Å². The molecule has 2 fully saturated rings. The van der Waals surface area contributed by atoms with Crippen LogP contribution < -0.4 is 10.4 Å². The van der Waals surface area contributed by atoms with Gasteiger partial charge in [0.2, 0.25) is 5.91 Å². The summed E-state index contributed by atoms with van der Waals surface area (Å²) in [5.74, 6) is -3.13. The van der Waals surface area contributed by atoms with E-state index in [4.69, 9.17) is 4.74 Å². The van der Waals surface area contributed by atoms with Gasteiger partial charge in [0.15, 0.2) is 0 Å². The smallest absolute Gasteiger partial charge is 0.341 e. The van der Waals surface area contributed by atoms with E-state index in [-0.39, 0.29) is 23.8 Å². The number of carboxylic acid groups (broad SMARTS) is 1. The van der Waals surface area contributed by atoms with E-state index in [9.17, 15) is 19.5 Å². The van der Waals surface area contributed by atoms with Gasteiger partial charge in [-0.2, -0.15) is 0 Å². The Labute approximate surface area is 163 Å². The van der Waals surface area contributed by atoms with E-state index in [1.54, 1.807) is 13.8 Å². The Bertz CT molecular complexity index is 769. The fourth-order valence-electron chi connectivity index (χ4n) is 4.78.